The Bertz CT molecular complexity index is 607. The fourth-order valence-electron chi connectivity index (χ4n) is 2.33. The third-order valence-corrected chi connectivity index (χ3v) is 4.25. The van der Waals surface area contributed by atoms with Crippen LogP contribution in [-0.4, -0.2) is 5.24 Å². The average molecular weight is 271 g/mol. The van der Waals surface area contributed by atoms with Crippen LogP contribution in [0.4, 0.5) is 0 Å². The lowest BCUT2D eigenvalue weighted by Gasteiger charge is -2.10. The molecule has 96 valence electrons. The van der Waals surface area contributed by atoms with Gasteiger partial charge in [0.05, 0.1) is 0 Å². The molecule has 0 N–H and O–H groups in total. The van der Waals surface area contributed by atoms with Crippen molar-refractivity contribution in [3.63, 3.8) is 0 Å². The van der Waals surface area contributed by atoms with Gasteiger partial charge in [0.1, 0.15) is 0 Å². The Labute approximate surface area is 118 Å². The second-order valence-corrected chi connectivity index (χ2v) is 5.83. The highest BCUT2D eigenvalue weighted by molar-refractivity contribution is 6.67. The molecule has 0 atom stereocenters. The van der Waals surface area contributed by atoms with Gasteiger partial charge in [0.15, 0.2) is 0 Å². The van der Waals surface area contributed by atoms with Crippen LogP contribution in [0.2, 0.25) is 0 Å². The van der Waals surface area contributed by atoms with E-state index in [-0.39, 0.29) is 0 Å². The average Bonchev–Trinajstić information content (AvgIpc) is 3.18. The van der Waals surface area contributed by atoms with Crippen LogP contribution in [0.15, 0.2) is 48.5 Å². The lowest BCUT2D eigenvalue weighted by atomic mass is 9.95. The van der Waals surface area contributed by atoms with Crippen LogP contribution in [0.1, 0.15) is 35.7 Å². The third kappa shape index (κ3) is 2.43. The number of benzene rings is 2. The van der Waals surface area contributed by atoms with Crippen molar-refractivity contribution >= 4 is 16.8 Å². The molecule has 2 aromatic rings. The van der Waals surface area contributed by atoms with Gasteiger partial charge >= 0.3 is 0 Å². The van der Waals surface area contributed by atoms with Crippen molar-refractivity contribution in [2.24, 2.45) is 0 Å². The molecule has 0 amide bonds. The van der Waals surface area contributed by atoms with E-state index in [4.69, 9.17) is 11.6 Å². The number of carbonyl (C=O) groups excluding carboxylic acids is 1. The first-order valence-electron chi connectivity index (χ1n) is 6.49. The summed E-state index contributed by atoms with van der Waals surface area (Å²) in [5.74, 6) is 0. The monoisotopic (exact) mass is 270 g/mol. The normalized spacial score (nSPS) is 16.1. The topological polar surface area (TPSA) is 17.1 Å². The van der Waals surface area contributed by atoms with Crippen molar-refractivity contribution in [3.8, 4) is 11.1 Å². The molecular formula is C17H15ClO. The van der Waals surface area contributed by atoms with Crippen molar-refractivity contribution in [1.82, 2.24) is 0 Å². The van der Waals surface area contributed by atoms with Crippen LogP contribution in [0.25, 0.3) is 11.1 Å². The van der Waals surface area contributed by atoms with E-state index >= 15 is 0 Å². The first-order chi connectivity index (χ1) is 9.08. The van der Waals surface area contributed by atoms with Crippen LogP contribution in [-0.2, 0) is 5.41 Å². The second-order valence-electron chi connectivity index (χ2n) is 5.49. The highest BCUT2D eigenvalue weighted by Crippen LogP contribution is 2.47. The van der Waals surface area contributed by atoms with Crippen LogP contribution in [0.5, 0.6) is 0 Å². The van der Waals surface area contributed by atoms with Crippen molar-refractivity contribution in [1.29, 1.82) is 0 Å². The maximum atomic E-state index is 11.0. The predicted octanol–water partition coefficient (Wildman–Crippen LogP) is 4.78. The predicted molar refractivity (Wildman–Crippen MR) is 78.6 cm³/mol. The zero-order valence-corrected chi connectivity index (χ0v) is 11.6. The van der Waals surface area contributed by atoms with Gasteiger partial charge in [-0.15, -0.1) is 0 Å². The molecule has 1 nitrogen and oxygen atoms in total. The molecule has 1 aliphatic carbocycles. The number of rotatable bonds is 3. The largest absolute Gasteiger partial charge is 0.276 e. The molecule has 0 unspecified atom stereocenters. The number of halogens is 1. The number of hydrogen-bond acceptors (Lipinski definition) is 1. The smallest absolute Gasteiger partial charge is 0.252 e. The van der Waals surface area contributed by atoms with Crippen molar-refractivity contribution in [2.45, 2.75) is 25.2 Å². The quantitative estimate of drug-likeness (QED) is 0.733. The molecule has 19 heavy (non-hydrogen) atoms. The van der Waals surface area contributed by atoms with Crippen LogP contribution < -0.4 is 0 Å². The van der Waals surface area contributed by atoms with Gasteiger partial charge in [-0.25, -0.2) is 0 Å². The van der Waals surface area contributed by atoms with E-state index in [1.807, 2.05) is 12.1 Å². The molecular weight excluding hydrogens is 256 g/mol. The van der Waals surface area contributed by atoms with Gasteiger partial charge in [0, 0.05) is 5.56 Å². The number of carbonyl (C=O) groups is 1. The van der Waals surface area contributed by atoms with Crippen molar-refractivity contribution in [2.75, 3.05) is 0 Å². The molecule has 1 fully saturated rings. The summed E-state index contributed by atoms with van der Waals surface area (Å²) in [5, 5.41) is -0.413. The Balaban J connectivity index is 1.87. The number of hydrogen-bond donors (Lipinski definition) is 0. The summed E-state index contributed by atoms with van der Waals surface area (Å²) in [5.41, 5.74) is 4.64. The fourth-order valence-corrected chi connectivity index (χ4v) is 2.46. The summed E-state index contributed by atoms with van der Waals surface area (Å²) >= 11 is 5.44. The summed E-state index contributed by atoms with van der Waals surface area (Å²) < 4.78 is 0. The lowest BCUT2D eigenvalue weighted by molar-refractivity contribution is 0.108. The zero-order valence-electron chi connectivity index (χ0n) is 10.8. The van der Waals surface area contributed by atoms with E-state index in [0.717, 1.165) is 5.56 Å². The Kier molecular flexibility index (Phi) is 2.94. The molecule has 1 aliphatic rings. The van der Waals surface area contributed by atoms with Gasteiger partial charge in [-0.3, -0.25) is 4.79 Å². The van der Waals surface area contributed by atoms with Gasteiger partial charge in [-0.05, 0) is 58.7 Å². The molecule has 0 aromatic heterocycles. The maximum Gasteiger partial charge on any atom is 0.252 e. The van der Waals surface area contributed by atoms with E-state index in [2.05, 4.69) is 31.2 Å². The summed E-state index contributed by atoms with van der Waals surface area (Å²) in [7, 11) is 0. The first-order valence-corrected chi connectivity index (χ1v) is 6.87. The Morgan fingerprint density at radius 2 is 1.42 bits per heavy atom. The van der Waals surface area contributed by atoms with E-state index in [0.29, 0.717) is 11.0 Å². The molecule has 0 heterocycles. The van der Waals surface area contributed by atoms with E-state index in [1.165, 1.54) is 24.0 Å². The molecule has 3 rings (SSSR count). The molecule has 0 spiro atoms. The van der Waals surface area contributed by atoms with Gasteiger partial charge in [-0.1, -0.05) is 43.3 Å². The standard InChI is InChI=1S/C17H15ClO/c1-17(10-11-17)15-8-6-13(7-9-15)12-2-4-14(5-3-12)16(18)19/h2-9H,10-11H2,1H3. The van der Waals surface area contributed by atoms with E-state index < -0.39 is 5.24 Å². The summed E-state index contributed by atoms with van der Waals surface area (Å²) in [6.45, 7) is 2.31. The van der Waals surface area contributed by atoms with Crippen molar-refractivity contribution in [3.05, 3.63) is 59.7 Å². The van der Waals surface area contributed by atoms with Gasteiger partial charge in [-0.2, -0.15) is 0 Å². The Morgan fingerprint density at radius 3 is 1.84 bits per heavy atom. The minimum absolute atomic E-state index is 0.410. The second kappa shape index (κ2) is 4.50. The maximum absolute atomic E-state index is 11.0. The van der Waals surface area contributed by atoms with E-state index in [1.54, 1.807) is 12.1 Å². The highest BCUT2D eigenvalue weighted by atomic mass is 35.5. The first kappa shape index (κ1) is 12.4. The van der Waals surface area contributed by atoms with Crippen molar-refractivity contribution < 1.29 is 4.79 Å². The Morgan fingerprint density at radius 1 is 0.947 bits per heavy atom. The zero-order chi connectivity index (χ0) is 13.5. The molecule has 0 saturated heterocycles. The lowest BCUT2D eigenvalue weighted by Crippen LogP contribution is -1.98. The summed E-state index contributed by atoms with van der Waals surface area (Å²) in [6.07, 6.45) is 2.58. The third-order valence-electron chi connectivity index (χ3n) is 4.03. The van der Waals surface area contributed by atoms with Crippen LogP contribution in [0, 0.1) is 0 Å². The molecule has 2 heteroatoms. The fraction of sp³-hybridized carbons (Fsp3) is 0.235. The molecule has 0 radical (unpaired) electrons. The Hall–Kier alpha value is -1.60. The van der Waals surface area contributed by atoms with Gasteiger partial charge in [0.25, 0.3) is 5.24 Å². The summed E-state index contributed by atoms with van der Waals surface area (Å²) in [4.78, 5) is 11.0. The minimum Gasteiger partial charge on any atom is -0.276 e. The van der Waals surface area contributed by atoms with Gasteiger partial charge < -0.3 is 0 Å². The molecule has 0 aliphatic heterocycles. The SMILES string of the molecule is CC1(c2ccc(-c3ccc(C(=O)Cl)cc3)cc2)CC1. The highest BCUT2D eigenvalue weighted by Gasteiger charge is 2.38. The van der Waals surface area contributed by atoms with Crippen LogP contribution in [0.3, 0.4) is 0 Å². The van der Waals surface area contributed by atoms with Crippen LogP contribution >= 0.6 is 11.6 Å². The minimum atomic E-state index is -0.413. The van der Waals surface area contributed by atoms with E-state index in [9.17, 15) is 4.79 Å². The summed E-state index contributed by atoms with van der Waals surface area (Å²) in [6, 6.07) is 16.1. The molecule has 0 bridgehead atoms. The molecule has 2 aromatic carbocycles. The molecule has 1 saturated carbocycles. The van der Waals surface area contributed by atoms with Gasteiger partial charge in [0.2, 0.25) is 0 Å².